The van der Waals surface area contributed by atoms with Crippen LogP contribution in [0, 0.1) is 11.8 Å². The molecule has 1 N–H and O–H groups in total. The third-order valence-electron chi connectivity index (χ3n) is 4.42. The van der Waals surface area contributed by atoms with Crippen molar-refractivity contribution in [2.24, 2.45) is 11.8 Å². The summed E-state index contributed by atoms with van der Waals surface area (Å²) in [6, 6.07) is 0. The van der Waals surface area contributed by atoms with Crippen LogP contribution in [0.4, 0.5) is 0 Å². The molecule has 0 unspecified atom stereocenters. The number of ether oxygens (including phenoxy) is 2. The van der Waals surface area contributed by atoms with Crippen LogP contribution in [0.3, 0.4) is 0 Å². The second kappa shape index (κ2) is 6.65. The van der Waals surface area contributed by atoms with Gasteiger partial charge in [0, 0.05) is 24.8 Å². The first-order chi connectivity index (χ1) is 10.3. The zero-order valence-corrected chi connectivity index (χ0v) is 13.4. The highest BCUT2D eigenvalue weighted by atomic mass is 16.6. The molecular weight excluding hydrogens is 284 g/mol. The summed E-state index contributed by atoms with van der Waals surface area (Å²) in [6.45, 7) is 8.91. The van der Waals surface area contributed by atoms with Gasteiger partial charge in [-0.05, 0) is 37.3 Å². The van der Waals surface area contributed by atoms with Crippen LogP contribution in [-0.4, -0.2) is 35.4 Å². The Morgan fingerprint density at radius 2 is 2.23 bits per heavy atom. The van der Waals surface area contributed by atoms with Gasteiger partial charge in [0.25, 0.3) is 0 Å². The average molecular weight is 308 g/mol. The van der Waals surface area contributed by atoms with Crippen LogP contribution >= 0.6 is 0 Å². The number of hydrogen-bond donors (Lipinski definition) is 1. The second-order valence-electron chi connectivity index (χ2n) is 6.33. The summed E-state index contributed by atoms with van der Waals surface area (Å²) in [5, 5.41) is 9.68. The number of carbonyl (C=O) groups excluding carboxylic acids is 2. The lowest BCUT2D eigenvalue weighted by atomic mass is 9.89. The zero-order chi connectivity index (χ0) is 16.4. The molecule has 122 valence electrons. The molecule has 0 amide bonds. The van der Waals surface area contributed by atoms with Gasteiger partial charge in [0.2, 0.25) is 0 Å². The molecule has 1 aliphatic heterocycles. The highest BCUT2D eigenvalue weighted by Gasteiger charge is 2.40. The Morgan fingerprint density at radius 1 is 1.55 bits per heavy atom. The second-order valence-corrected chi connectivity index (χ2v) is 6.33. The number of hydrogen-bond acceptors (Lipinski definition) is 5. The predicted octanol–water partition coefficient (Wildman–Crippen LogP) is 2.14. The van der Waals surface area contributed by atoms with E-state index in [1.165, 1.54) is 6.92 Å². The summed E-state index contributed by atoms with van der Waals surface area (Å²) in [7, 11) is 0. The van der Waals surface area contributed by atoms with Crippen LogP contribution in [0.15, 0.2) is 23.8 Å². The maximum absolute atomic E-state index is 11.7. The van der Waals surface area contributed by atoms with Gasteiger partial charge in [-0.2, -0.15) is 0 Å². The topological polar surface area (TPSA) is 72.8 Å². The molecule has 0 spiro atoms. The van der Waals surface area contributed by atoms with Crippen LogP contribution in [0.5, 0.6) is 0 Å². The van der Waals surface area contributed by atoms with Crippen LogP contribution in [-0.2, 0) is 19.1 Å². The average Bonchev–Trinajstić information content (AvgIpc) is 2.56. The molecule has 1 fully saturated rings. The molecule has 5 heteroatoms. The Bertz CT molecular complexity index is 505. The maximum atomic E-state index is 11.7. The lowest BCUT2D eigenvalue weighted by Gasteiger charge is -2.25. The van der Waals surface area contributed by atoms with E-state index in [2.05, 4.69) is 13.5 Å². The van der Waals surface area contributed by atoms with Gasteiger partial charge in [-0.3, -0.25) is 4.79 Å². The van der Waals surface area contributed by atoms with Gasteiger partial charge in [0.05, 0.1) is 6.10 Å². The van der Waals surface area contributed by atoms with Crippen molar-refractivity contribution in [3.63, 3.8) is 0 Å². The third-order valence-corrected chi connectivity index (χ3v) is 4.42. The summed E-state index contributed by atoms with van der Waals surface area (Å²) in [6.07, 6.45) is 2.50. The number of rotatable bonds is 4. The van der Waals surface area contributed by atoms with E-state index in [0.29, 0.717) is 12.0 Å². The SMILES string of the molecule is C=C1C(=O)O[C@@H]2C=C([C@H](C[C@H](C)O)OC(C)=O)[C@@H](C)CC[C@@H]12. The van der Waals surface area contributed by atoms with Crippen molar-refractivity contribution >= 4 is 11.9 Å². The lowest BCUT2D eigenvalue weighted by molar-refractivity contribution is -0.146. The Kier molecular flexibility index (Phi) is 5.06. The first kappa shape index (κ1) is 16.7. The summed E-state index contributed by atoms with van der Waals surface area (Å²) in [5.74, 6) is -0.538. The Hall–Kier alpha value is -1.62. The fourth-order valence-corrected chi connectivity index (χ4v) is 3.26. The number of fused-ring (bicyclic) bond motifs is 1. The molecule has 2 aliphatic rings. The van der Waals surface area contributed by atoms with Gasteiger partial charge >= 0.3 is 11.9 Å². The first-order valence-corrected chi connectivity index (χ1v) is 7.76. The maximum Gasteiger partial charge on any atom is 0.334 e. The van der Waals surface area contributed by atoms with Crippen molar-refractivity contribution in [2.75, 3.05) is 0 Å². The number of carbonyl (C=O) groups is 2. The van der Waals surface area contributed by atoms with Crippen molar-refractivity contribution in [2.45, 2.75) is 58.3 Å². The molecule has 0 saturated carbocycles. The van der Waals surface area contributed by atoms with Crippen LogP contribution in [0.2, 0.25) is 0 Å². The van der Waals surface area contributed by atoms with E-state index in [9.17, 15) is 14.7 Å². The minimum atomic E-state index is -0.586. The van der Waals surface area contributed by atoms with E-state index in [0.717, 1.165) is 18.4 Å². The molecule has 22 heavy (non-hydrogen) atoms. The Balaban J connectivity index is 2.29. The monoisotopic (exact) mass is 308 g/mol. The summed E-state index contributed by atoms with van der Waals surface area (Å²) in [5.41, 5.74) is 1.44. The molecular formula is C17H24O5. The van der Waals surface area contributed by atoms with E-state index < -0.39 is 12.2 Å². The molecule has 1 heterocycles. The minimum absolute atomic E-state index is 0.00280. The molecule has 0 aromatic carbocycles. The van der Waals surface area contributed by atoms with Crippen LogP contribution in [0.1, 0.15) is 40.0 Å². The van der Waals surface area contributed by atoms with E-state index in [1.54, 1.807) is 6.92 Å². The highest BCUT2D eigenvalue weighted by molar-refractivity contribution is 5.91. The Labute approximate surface area is 131 Å². The van der Waals surface area contributed by atoms with Crippen molar-refractivity contribution in [3.05, 3.63) is 23.8 Å². The zero-order valence-electron chi connectivity index (χ0n) is 13.4. The van der Waals surface area contributed by atoms with E-state index in [-0.39, 0.29) is 29.9 Å². The lowest BCUT2D eigenvalue weighted by Crippen LogP contribution is -2.27. The van der Waals surface area contributed by atoms with E-state index in [1.807, 2.05) is 6.08 Å². The number of aliphatic hydroxyl groups is 1. The van der Waals surface area contributed by atoms with E-state index in [4.69, 9.17) is 9.47 Å². The van der Waals surface area contributed by atoms with Gasteiger partial charge < -0.3 is 14.6 Å². The van der Waals surface area contributed by atoms with Crippen LogP contribution < -0.4 is 0 Å². The summed E-state index contributed by atoms with van der Waals surface area (Å²) in [4.78, 5) is 23.1. The van der Waals surface area contributed by atoms with Crippen molar-refractivity contribution < 1.29 is 24.2 Å². The fourth-order valence-electron chi connectivity index (χ4n) is 3.26. The minimum Gasteiger partial charge on any atom is -0.458 e. The predicted molar refractivity (Wildman–Crippen MR) is 80.8 cm³/mol. The molecule has 0 aromatic rings. The molecule has 5 nitrogen and oxygen atoms in total. The largest absolute Gasteiger partial charge is 0.458 e. The summed E-state index contributed by atoms with van der Waals surface area (Å²) < 4.78 is 10.8. The fraction of sp³-hybridized carbons (Fsp3) is 0.647. The van der Waals surface area contributed by atoms with E-state index >= 15 is 0 Å². The molecule has 2 rings (SSSR count). The number of aliphatic hydroxyl groups excluding tert-OH is 1. The van der Waals surface area contributed by atoms with Crippen molar-refractivity contribution in [1.29, 1.82) is 0 Å². The summed E-state index contributed by atoms with van der Waals surface area (Å²) >= 11 is 0. The van der Waals surface area contributed by atoms with Crippen molar-refractivity contribution in [1.82, 2.24) is 0 Å². The van der Waals surface area contributed by atoms with Gasteiger partial charge in [-0.15, -0.1) is 0 Å². The highest BCUT2D eigenvalue weighted by Crippen LogP contribution is 2.39. The number of esters is 2. The van der Waals surface area contributed by atoms with Crippen LogP contribution in [0.25, 0.3) is 0 Å². The normalized spacial score (nSPS) is 30.7. The van der Waals surface area contributed by atoms with Crippen molar-refractivity contribution in [3.8, 4) is 0 Å². The Morgan fingerprint density at radius 3 is 2.82 bits per heavy atom. The molecule has 0 bridgehead atoms. The quantitative estimate of drug-likeness (QED) is 0.489. The first-order valence-electron chi connectivity index (χ1n) is 7.76. The molecule has 5 atom stereocenters. The van der Waals surface area contributed by atoms with Gasteiger partial charge in [0.15, 0.2) is 0 Å². The molecule has 0 aromatic heterocycles. The van der Waals surface area contributed by atoms with Gasteiger partial charge in [-0.1, -0.05) is 13.5 Å². The molecule has 1 saturated heterocycles. The van der Waals surface area contributed by atoms with Gasteiger partial charge in [0.1, 0.15) is 12.2 Å². The third kappa shape index (κ3) is 3.58. The van der Waals surface area contributed by atoms with Gasteiger partial charge in [-0.25, -0.2) is 4.79 Å². The molecule has 1 aliphatic carbocycles. The smallest absolute Gasteiger partial charge is 0.334 e. The standard InChI is InChI=1S/C17H24O5/c1-9-5-6-13-11(3)17(20)22-16(13)8-14(9)15(7-10(2)18)21-12(4)19/h8-10,13,15-16,18H,3,5-7H2,1-2,4H3/t9-,10-,13-,15-,16+/m0/s1. The molecule has 0 radical (unpaired) electrons.